The maximum absolute atomic E-state index is 13.2. The molecule has 2 aromatic rings. The number of esters is 1. The standard InChI is InChI=1S/C25H26ClN3O7S/c1-25(2)19(23(33)35-12-14-6-4-3-5-7-14)29-21(32)18(22(29)37-25)27-20(31)17(28-24(34)36-13-26)15-8-10-16(30)11-9-15/h3-11,17-19,22,30H,12-13H2,1-2H3,(H,27,31)(H,28,34)/t17?,18?,19-,22+/m0/s1. The molecule has 0 saturated carbocycles. The fourth-order valence-corrected chi connectivity index (χ4v) is 6.07. The quantitative estimate of drug-likeness (QED) is 0.261. The molecule has 2 saturated heterocycles. The van der Waals surface area contributed by atoms with E-state index in [-0.39, 0.29) is 12.4 Å². The van der Waals surface area contributed by atoms with Crippen LogP contribution in [0.3, 0.4) is 0 Å². The third-order valence-electron chi connectivity index (χ3n) is 6.12. The topological polar surface area (TPSA) is 134 Å². The first-order chi connectivity index (χ1) is 17.6. The summed E-state index contributed by atoms with van der Waals surface area (Å²) < 4.78 is 9.53. The molecule has 0 aliphatic carbocycles. The lowest BCUT2D eigenvalue weighted by molar-refractivity contribution is -0.165. The molecule has 0 aromatic heterocycles. The molecule has 2 aliphatic rings. The predicted molar refractivity (Wildman–Crippen MR) is 135 cm³/mol. The zero-order valence-electron chi connectivity index (χ0n) is 20.0. The van der Waals surface area contributed by atoms with Gasteiger partial charge in [-0.3, -0.25) is 9.59 Å². The largest absolute Gasteiger partial charge is 0.508 e. The number of hydrogen-bond donors (Lipinski definition) is 3. The predicted octanol–water partition coefficient (Wildman–Crippen LogP) is 2.65. The number of carbonyl (C=O) groups is 4. The van der Waals surface area contributed by atoms with E-state index in [4.69, 9.17) is 16.3 Å². The van der Waals surface area contributed by atoms with Crippen LogP contribution in [0.25, 0.3) is 0 Å². The van der Waals surface area contributed by atoms with Crippen LogP contribution in [-0.4, -0.2) is 62.2 Å². The normalized spacial score (nSPS) is 22.3. The second kappa shape index (κ2) is 10.9. The Morgan fingerprint density at radius 3 is 2.43 bits per heavy atom. The molecule has 2 unspecified atom stereocenters. The molecular formula is C25H26ClN3O7S. The third-order valence-corrected chi connectivity index (χ3v) is 7.80. The Hall–Kier alpha value is -3.44. The molecule has 196 valence electrons. The monoisotopic (exact) mass is 547 g/mol. The number of β-lactam (4-membered cyclic amide) rings is 1. The van der Waals surface area contributed by atoms with Crippen LogP contribution in [0, 0.1) is 0 Å². The fraction of sp³-hybridized carbons (Fsp3) is 0.360. The minimum absolute atomic E-state index is 0.0224. The molecule has 0 spiro atoms. The van der Waals surface area contributed by atoms with E-state index in [1.165, 1.54) is 40.9 Å². The number of nitrogens with one attached hydrogen (secondary N) is 2. The van der Waals surface area contributed by atoms with E-state index < -0.39 is 58.2 Å². The minimum atomic E-state index is -1.22. The van der Waals surface area contributed by atoms with E-state index in [0.717, 1.165) is 5.56 Å². The molecule has 2 fully saturated rings. The van der Waals surface area contributed by atoms with Gasteiger partial charge in [0.05, 0.1) is 0 Å². The number of phenols is 1. The van der Waals surface area contributed by atoms with E-state index in [0.29, 0.717) is 5.56 Å². The number of fused-ring (bicyclic) bond motifs is 1. The number of hydrogen-bond acceptors (Lipinski definition) is 8. The number of thioether (sulfide) groups is 1. The molecule has 3 N–H and O–H groups in total. The molecule has 12 heteroatoms. The van der Waals surface area contributed by atoms with Crippen molar-refractivity contribution in [3.8, 4) is 5.75 Å². The van der Waals surface area contributed by atoms with Gasteiger partial charge in [0, 0.05) is 4.75 Å². The molecule has 10 nitrogen and oxygen atoms in total. The first kappa shape index (κ1) is 26.6. The zero-order chi connectivity index (χ0) is 26.7. The number of alkyl carbamates (subject to hydrolysis) is 1. The van der Waals surface area contributed by atoms with Crippen LogP contribution in [0.1, 0.15) is 31.0 Å². The van der Waals surface area contributed by atoms with E-state index in [9.17, 15) is 24.3 Å². The van der Waals surface area contributed by atoms with Crippen molar-refractivity contribution >= 4 is 47.2 Å². The number of carbonyl (C=O) groups excluding carboxylic acids is 4. The van der Waals surface area contributed by atoms with Gasteiger partial charge in [-0.2, -0.15) is 0 Å². The Balaban J connectivity index is 1.45. The summed E-state index contributed by atoms with van der Waals surface area (Å²) in [5.74, 6) is -1.63. The number of amides is 3. The summed E-state index contributed by atoms with van der Waals surface area (Å²) in [6.07, 6.45) is -0.928. The van der Waals surface area contributed by atoms with Crippen molar-refractivity contribution in [3.63, 3.8) is 0 Å². The number of rotatable bonds is 8. The number of halogens is 1. The Kier molecular flexibility index (Phi) is 7.84. The number of ether oxygens (including phenoxy) is 2. The molecule has 4 atom stereocenters. The van der Waals surface area contributed by atoms with Gasteiger partial charge in [-0.25, -0.2) is 9.59 Å². The van der Waals surface area contributed by atoms with Crippen molar-refractivity contribution in [2.24, 2.45) is 0 Å². The SMILES string of the molecule is CC1(C)S[C@@H]2C(NC(=O)C(NC(=O)OCCl)c3ccc(O)cc3)C(=O)N2[C@H]1C(=O)OCc1ccccc1. The van der Waals surface area contributed by atoms with Gasteiger partial charge in [-0.1, -0.05) is 54.1 Å². The van der Waals surface area contributed by atoms with Gasteiger partial charge in [0.2, 0.25) is 11.8 Å². The summed E-state index contributed by atoms with van der Waals surface area (Å²) in [6, 6.07) is 11.5. The average Bonchev–Trinajstić information content (AvgIpc) is 3.13. The molecule has 37 heavy (non-hydrogen) atoms. The second-order valence-corrected chi connectivity index (χ2v) is 11.0. The molecular weight excluding hydrogens is 522 g/mol. The van der Waals surface area contributed by atoms with Crippen molar-refractivity contribution < 1.29 is 33.8 Å². The van der Waals surface area contributed by atoms with Gasteiger partial charge >= 0.3 is 12.1 Å². The first-order valence-electron chi connectivity index (χ1n) is 11.4. The molecule has 4 rings (SSSR count). The lowest BCUT2D eigenvalue weighted by atomic mass is 9.95. The number of benzene rings is 2. The van der Waals surface area contributed by atoms with Crippen LogP contribution in [0.2, 0.25) is 0 Å². The van der Waals surface area contributed by atoms with Crippen LogP contribution in [0.5, 0.6) is 5.75 Å². The summed E-state index contributed by atoms with van der Waals surface area (Å²) >= 11 is 6.83. The number of alkyl halides is 1. The second-order valence-electron chi connectivity index (χ2n) is 9.05. The van der Waals surface area contributed by atoms with Crippen molar-refractivity contribution in [1.82, 2.24) is 15.5 Å². The summed E-state index contributed by atoms with van der Waals surface area (Å²) in [7, 11) is 0. The highest BCUT2D eigenvalue weighted by molar-refractivity contribution is 8.01. The molecule has 2 heterocycles. The van der Waals surface area contributed by atoms with Gasteiger partial charge in [0.15, 0.2) is 6.07 Å². The summed E-state index contributed by atoms with van der Waals surface area (Å²) in [5.41, 5.74) is 1.18. The van der Waals surface area contributed by atoms with Crippen LogP contribution < -0.4 is 10.6 Å². The lowest BCUT2D eigenvalue weighted by Gasteiger charge is -2.44. The Labute approximate surface area is 222 Å². The van der Waals surface area contributed by atoms with Crippen molar-refractivity contribution in [1.29, 1.82) is 0 Å². The highest BCUT2D eigenvalue weighted by atomic mass is 35.5. The summed E-state index contributed by atoms with van der Waals surface area (Å²) in [5, 5.41) is 14.2. The maximum Gasteiger partial charge on any atom is 0.409 e. The third kappa shape index (κ3) is 5.62. The van der Waals surface area contributed by atoms with Crippen LogP contribution in [-0.2, 0) is 30.5 Å². The van der Waals surface area contributed by atoms with E-state index >= 15 is 0 Å². The van der Waals surface area contributed by atoms with Crippen LogP contribution >= 0.6 is 23.4 Å². The average molecular weight is 548 g/mol. The first-order valence-corrected chi connectivity index (χ1v) is 12.8. The molecule has 2 aromatic carbocycles. The van der Waals surface area contributed by atoms with E-state index in [1.807, 2.05) is 44.2 Å². The lowest BCUT2D eigenvalue weighted by Crippen LogP contribution is -2.71. The summed E-state index contributed by atoms with van der Waals surface area (Å²) in [4.78, 5) is 52.7. The van der Waals surface area contributed by atoms with Crippen LogP contribution in [0.4, 0.5) is 4.79 Å². The molecule has 0 radical (unpaired) electrons. The molecule has 2 aliphatic heterocycles. The van der Waals surface area contributed by atoms with Gasteiger partial charge in [0.1, 0.15) is 35.9 Å². The van der Waals surface area contributed by atoms with Crippen molar-refractivity contribution in [3.05, 3.63) is 65.7 Å². The van der Waals surface area contributed by atoms with E-state index in [1.54, 1.807) is 0 Å². The van der Waals surface area contributed by atoms with E-state index in [2.05, 4.69) is 15.4 Å². The number of aromatic hydroxyl groups is 1. The highest BCUT2D eigenvalue weighted by Crippen LogP contribution is 2.51. The molecule has 3 amide bonds. The molecule has 0 bridgehead atoms. The van der Waals surface area contributed by atoms with Crippen LogP contribution in [0.15, 0.2) is 54.6 Å². The van der Waals surface area contributed by atoms with Gasteiger partial charge in [-0.05, 0) is 37.1 Å². The Bertz CT molecular complexity index is 1180. The zero-order valence-corrected chi connectivity index (χ0v) is 21.6. The number of nitrogens with zero attached hydrogens (tertiary/aromatic N) is 1. The number of phenolic OH excluding ortho intramolecular Hbond substituents is 1. The smallest absolute Gasteiger partial charge is 0.409 e. The fourth-order valence-electron chi connectivity index (χ4n) is 4.35. The maximum atomic E-state index is 13.2. The van der Waals surface area contributed by atoms with Gasteiger partial charge in [0.25, 0.3) is 0 Å². The minimum Gasteiger partial charge on any atom is -0.508 e. The highest BCUT2D eigenvalue weighted by Gasteiger charge is 2.64. The van der Waals surface area contributed by atoms with Gasteiger partial charge in [-0.15, -0.1) is 11.8 Å². The Morgan fingerprint density at radius 1 is 1.11 bits per heavy atom. The van der Waals surface area contributed by atoms with Crippen molar-refractivity contribution in [2.45, 2.75) is 48.7 Å². The van der Waals surface area contributed by atoms with Gasteiger partial charge < -0.3 is 30.1 Å². The summed E-state index contributed by atoms with van der Waals surface area (Å²) in [6.45, 7) is 3.78. The Morgan fingerprint density at radius 2 is 1.78 bits per heavy atom. The van der Waals surface area contributed by atoms with Crippen molar-refractivity contribution in [2.75, 3.05) is 6.07 Å².